The van der Waals surface area contributed by atoms with Gasteiger partial charge in [0.2, 0.25) is 10.7 Å². The molecule has 6 aliphatic rings. The number of hydrogen-bond donors (Lipinski definition) is 2. The maximum absolute atomic E-state index is 13.1. The molecule has 4 aliphatic heterocycles. The summed E-state index contributed by atoms with van der Waals surface area (Å²) in [6.45, 7) is 0.0556. The van der Waals surface area contributed by atoms with Gasteiger partial charge in [0.25, 0.3) is 35.4 Å². The van der Waals surface area contributed by atoms with Crippen molar-refractivity contribution in [3.8, 4) is 44.9 Å². The number of amides is 6. The molecule has 82 heavy (non-hydrogen) atoms. The van der Waals surface area contributed by atoms with Crippen molar-refractivity contribution in [3.63, 3.8) is 0 Å². The van der Waals surface area contributed by atoms with Gasteiger partial charge in [-0.25, -0.2) is 9.15 Å². The molecule has 0 aromatic heterocycles. The lowest BCUT2D eigenvalue weighted by atomic mass is 9.89. The van der Waals surface area contributed by atoms with Crippen LogP contribution in [0.25, 0.3) is 66.8 Å². The van der Waals surface area contributed by atoms with E-state index in [-0.39, 0.29) is 48.4 Å². The number of benzene rings is 6. The minimum Gasteiger partial charge on any atom is -0.545 e. The molecule has 0 radical (unpaired) electrons. The Morgan fingerprint density at radius 3 is 1.29 bits per heavy atom. The lowest BCUT2D eigenvalue weighted by molar-refractivity contribution is -0.256. The van der Waals surface area contributed by atoms with Crippen LogP contribution < -0.4 is 50.5 Å². The zero-order valence-electron chi connectivity index (χ0n) is 46.1. The summed E-state index contributed by atoms with van der Waals surface area (Å²) in [5.74, 6) is -4.51. The van der Waals surface area contributed by atoms with Gasteiger partial charge in [-0.15, -0.1) is 0 Å². The predicted octanol–water partition coefficient (Wildman–Crippen LogP) is 2.64. The molecule has 20 heteroatoms. The van der Waals surface area contributed by atoms with Crippen molar-refractivity contribution in [2.75, 3.05) is 92.4 Å². The van der Waals surface area contributed by atoms with Crippen molar-refractivity contribution in [1.82, 2.24) is 29.6 Å². The second-order valence-electron chi connectivity index (χ2n) is 20.2. The van der Waals surface area contributed by atoms with Crippen molar-refractivity contribution < 1.29 is 57.4 Å². The molecule has 416 valence electrons. The van der Waals surface area contributed by atoms with E-state index in [1.807, 2.05) is 148 Å². The molecule has 2 aliphatic carbocycles. The fraction of sp³-hybridized carbons (Fsp3) is 0.194. The molecular formula is C62H56N8O12. The van der Waals surface area contributed by atoms with E-state index in [1.165, 1.54) is 54.6 Å². The quantitative estimate of drug-likeness (QED) is 0.0903. The van der Waals surface area contributed by atoms with Crippen LogP contribution >= 0.6 is 0 Å². The minimum atomic E-state index is -1.44. The molecule has 0 bridgehead atoms. The van der Waals surface area contributed by atoms with E-state index in [4.69, 9.17) is 8.83 Å². The Kier molecular flexibility index (Phi) is 15.8. The van der Waals surface area contributed by atoms with Gasteiger partial charge in [-0.3, -0.25) is 38.6 Å². The first kappa shape index (κ1) is 56.2. The zero-order chi connectivity index (χ0) is 58.8. The molecule has 10 rings (SSSR count). The standard InChI is InChI=1S/2C31H28N4O6/c1-33(2)19-6-9-22-25(16-19)41-26-17-20(34(3)4)7-10-23(26)29(22)24-15-18(5-8-21(24)31(39)40)30(38)32-13-14-35-27(36)11-12-28(35)37;1-33(2)19-6-9-22-25(16-19)41-26-17-20(34(3)4)7-10-23(26)29(22)21-8-5-18(15-24(21)31(39)40)30(38)32-13-14-35-27(36)11-12-28(35)37/h2*5-12,15-17H,13-14H2,1-4H3,(H-,32,38,39,40). The maximum Gasteiger partial charge on any atom is 0.253 e. The van der Waals surface area contributed by atoms with Crippen molar-refractivity contribution in [2.24, 2.45) is 0 Å². The molecule has 6 amide bonds. The van der Waals surface area contributed by atoms with E-state index in [1.54, 1.807) is 6.07 Å². The van der Waals surface area contributed by atoms with Gasteiger partial charge >= 0.3 is 0 Å². The van der Waals surface area contributed by atoms with E-state index >= 15 is 0 Å². The first-order valence-electron chi connectivity index (χ1n) is 25.8. The topological polar surface area (TPSA) is 252 Å². The molecular weight excluding hydrogens is 1050 g/mol. The lowest BCUT2D eigenvalue weighted by Gasteiger charge is -2.20. The summed E-state index contributed by atoms with van der Waals surface area (Å²) in [7, 11) is 15.3. The number of carboxylic acid groups (broad SMARTS) is 2. The molecule has 0 fully saturated rings. The van der Waals surface area contributed by atoms with Crippen LogP contribution in [0.2, 0.25) is 0 Å². The number of carbonyl (C=O) groups excluding carboxylic acids is 8. The summed E-state index contributed by atoms with van der Waals surface area (Å²) in [4.78, 5) is 104. The Morgan fingerprint density at radius 2 is 0.878 bits per heavy atom. The summed E-state index contributed by atoms with van der Waals surface area (Å²) in [6.07, 6.45) is 4.70. The number of fused-ring (bicyclic) bond motifs is 4. The smallest absolute Gasteiger partial charge is 0.253 e. The van der Waals surface area contributed by atoms with E-state index < -0.39 is 47.4 Å². The number of nitrogens with zero attached hydrogens (tertiary/aromatic N) is 6. The summed E-state index contributed by atoms with van der Waals surface area (Å²) in [5, 5.41) is 33.2. The summed E-state index contributed by atoms with van der Waals surface area (Å²) in [6, 6.07) is 31.4. The van der Waals surface area contributed by atoms with Gasteiger partial charge in [0.05, 0.1) is 24.1 Å². The molecule has 4 heterocycles. The predicted molar refractivity (Wildman–Crippen MR) is 304 cm³/mol. The number of imide groups is 2. The van der Waals surface area contributed by atoms with Crippen LogP contribution in [0.3, 0.4) is 0 Å². The van der Waals surface area contributed by atoms with E-state index in [0.717, 1.165) is 31.9 Å². The average molecular weight is 1110 g/mol. The number of hydrogen-bond acceptors (Lipinski definition) is 14. The van der Waals surface area contributed by atoms with Gasteiger partial charge in [-0.2, -0.15) is 0 Å². The highest BCUT2D eigenvalue weighted by molar-refractivity contribution is 6.14. The Hall–Kier alpha value is -10.5. The van der Waals surface area contributed by atoms with Crippen molar-refractivity contribution in [3.05, 3.63) is 166 Å². The first-order valence-corrected chi connectivity index (χ1v) is 25.8. The minimum absolute atomic E-state index is 0.00278. The first-order chi connectivity index (χ1) is 39.1. The Bertz CT molecular complexity index is 4120. The van der Waals surface area contributed by atoms with E-state index in [2.05, 4.69) is 10.6 Å². The van der Waals surface area contributed by atoms with E-state index in [0.29, 0.717) is 66.8 Å². The van der Waals surface area contributed by atoms with Crippen LogP contribution in [0.1, 0.15) is 41.4 Å². The zero-order valence-corrected chi connectivity index (χ0v) is 46.1. The third kappa shape index (κ3) is 11.4. The normalized spacial score (nSPS) is 12.8. The molecule has 0 spiro atoms. The fourth-order valence-corrected chi connectivity index (χ4v) is 9.64. The highest BCUT2D eigenvalue weighted by Crippen LogP contribution is 2.44. The van der Waals surface area contributed by atoms with Gasteiger partial charge in [0, 0.05) is 170 Å². The van der Waals surface area contributed by atoms with Crippen molar-refractivity contribution in [2.45, 2.75) is 0 Å². The SMILES string of the molecule is CN(C)c1ccc2c(-c3cc(C(=O)NCCN4C(=O)C=CC4=O)ccc3C(=O)[O-])c3ccc(=[N+](C)C)cc-3oc2c1.CN(C)c1ccc2c(-c3ccc(C(=O)NCCN4C(=O)C=CC4=O)cc3C(=O)[O-])c3ccc(=[N+](C)C)cc-3oc2c1. The Morgan fingerprint density at radius 1 is 0.476 bits per heavy atom. The molecule has 4 aromatic rings. The van der Waals surface area contributed by atoms with Gasteiger partial charge < -0.3 is 49.1 Å². The number of nitrogens with one attached hydrogen (secondary N) is 2. The van der Waals surface area contributed by atoms with E-state index in [9.17, 15) is 48.6 Å². The van der Waals surface area contributed by atoms with Crippen molar-refractivity contribution >= 4 is 80.7 Å². The molecule has 0 atom stereocenters. The molecule has 0 saturated heterocycles. The number of carboxylic acids is 2. The Balaban J connectivity index is 0.000000198. The number of anilines is 2. The second kappa shape index (κ2) is 23.1. The fourth-order valence-electron chi connectivity index (χ4n) is 9.64. The second-order valence-corrected chi connectivity index (χ2v) is 20.2. The highest BCUT2D eigenvalue weighted by atomic mass is 16.4. The van der Waals surface area contributed by atoms with Gasteiger partial charge in [0.15, 0.2) is 0 Å². The number of aromatic carboxylic acids is 2. The lowest BCUT2D eigenvalue weighted by Crippen LogP contribution is -2.38. The third-order valence-corrected chi connectivity index (χ3v) is 14.0. The molecule has 20 nitrogen and oxygen atoms in total. The number of carbonyl (C=O) groups is 8. The molecule has 4 aromatic carbocycles. The molecule has 0 unspecified atom stereocenters. The van der Waals surface area contributed by atoms with Crippen molar-refractivity contribution in [1.29, 1.82) is 0 Å². The van der Waals surface area contributed by atoms with Gasteiger partial charge in [-0.05, 0) is 71.8 Å². The summed E-state index contributed by atoms with van der Waals surface area (Å²) in [5.41, 5.74) is 6.27. The largest absolute Gasteiger partial charge is 0.545 e. The molecule has 0 saturated carbocycles. The van der Waals surface area contributed by atoms with Crippen LogP contribution in [0, 0.1) is 0 Å². The summed E-state index contributed by atoms with van der Waals surface area (Å²) >= 11 is 0. The average Bonchev–Trinajstić information content (AvgIpc) is 3.99. The van der Waals surface area contributed by atoms with Crippen LogP contribution in [-0.2, 0) is 19.2 Å². The summed E-state index contributed by atoms with van der Waals surface area (Å²) < 4.78 is 16.5. The van der Waals surface area contributed by atoms with Crippen LogP contribution in [0.5, 0.6) is 0 Å². The van der Waals surface area contributed by atoms with Crippen LogP contribution in [0.15, 0.2) is 142 Å². The van der Waals surface area contributed by atoms with Gasteiger partial charge in [0.1, 0.15) is 50.9 Å². The highest BCUT2D eigenvalue weighted by Gasteiger charge is 2.27. The van der Waals surface area contributed by atoms with Crippen LogP contribution in [0.4, 0.5) is 11.4 Å². The van der Waals surface area contributed by atoms with Crippen LogP contribution in [-0.4, -0.2) is 140 Å². The molecule has 2 N–H and O–H groups in total. The Labute approximate surface area is 469 Å². The number of rotatable bonds is 14. The monoisotopic (exact) mass is 1100 g/mol. The maximum atomic E-state index is 13.1. The third-order valence-electron chi connectivity index (χ3n) is 14.0. The van der Waals surface area contributed by atoms with Gasteiger partial charge in [-0.1, -0.05) is 12.1 Å².